The van der Waals surface area contributed by atoms with Crippen molar-refractivity contribution in [3.05, 3.63) is 53.6 Å². The Morgan fingerprint density at radius 1 is 0.967 bits per heavy atom. The molecule has 6 heteroatoms. The summed E-state index contributed by atoms with van der Waals surface area (Å²) in [7, 11) is 3.25. The number of hydrogen-bond acceptors (Lipinski definition) is 5. The van der Waals surface area contributed by atoms with Gasteiger partial charge in [0.15, 0.2) is 0 Å². The van der Waals surface area contributed by atoms with Gasteiger partial charge in [-0.05, 0) is 49.3 Å². The summed E-state index contributed by atoms with van der Waals surface area (Å²) < 4.78 is 16.6. The summed E-state index contributed by atoms with van der Waals surface area (Å²) in [6, 6.07) is 13.5. The molecule has 2 aromatic carbocycles. The summed E-state index contributed by atoms with van der Waals surface area (Å²) in [6.45, 7) is 8.27. The maximum atomic E-state index is 12.4. The summed E-state index contributed by atoms with van der Waals surface area (Å²) in [4.78, 5) is 14.7. The Bertz CT molecular complexity index is 791. The SMILES string of the molecule is CCN(CC)CCOc1ccccc1CNC(=O)CCc1cc(OC)ccc1OC. The molecule has 0 saturated carbocycles. The van der Waals surface area contributed by atoms with E-state index in [1.807, 2.05) is 42.5 Å². The Labute approximate surface area is 180 Å². The Balaban J connectivity index is 1.86. The number of amides is 1. The number of carbonyl (C=O) groups is 1. The minimum absolute atomic E-state index is 0.0159. The smallest absolute Gasteiger partial charge is 0.220 e. The Hall–Kier alpha value is -2.73. The zero-order chi connectivity index (χ0) is 21.8. The number of ether oxygens (including phenoxy) is 3. The Kier molecular flexibility index (Phi) is 10.0. The lowest BCUT2D eigenvalue weighted by Crippen LogP contribution is -2.28. The standard InChI is InChI=1S/C24H34N2O4/c1-5-26(6-2)15-16-30-23-10-8-7-9-20(23)18-25-24(27)14-11-19-17-21(28-3)12-13-22(19)29-4/h7-10,12-13,17H,5-6,11,14-16,18H2,1-4H3,(H,25,27). The van der Waals surface area contributed by atoms with Crippen LogP contribution in [0.15, 0.2) is 42.5 Å². The highest BCUT2D eigenvalue weighted by Crippen LogP contribution is 2.25. The fraction of sp³-hybridized carbons (Fsp3) is 0.458. The van der Waals surface area contributed by atoms with E-state index in [2.05, 4.69) is 24.1 Å². The molecule has 164 valence electrons. The molecule has 0 aliphatic rings. The van der Waals surface area contributed by atoms with Gasteiger partial charge in [-0.25, -0.2) is 0 Å². The first-order valence-corrected chi connectivity index (χ1v) is 10.5. The zero-order valence-corrected chi connectivity index (χ0v) is 18.6. The molecule has 2 rings (SSSR count). The van der Waals surface area contributed by atoms with Crippen LogP contribution in [0, 0.1) is 0 Å². The normalized spacial score (nSPS) is 10.7. The molecule has 6 nitrogen and oxygen atoms in total. The third kappa shape index (κ3) is 7.26. The number of nitrogens with zero attached hydrogens (tertiary/aromatic N) is 1. The van der Waals surface area contributed by atoms with Gasteiger partial charge < -0.3 is 24.4 Å². The van der Waals surface area contributed by atoms with E-state index in [0.717, 1.165) is 48.0 Å². The van der Waals surface area contributed by atoms with Crippen LogP contribution in [0.5, 0.6) is 17.2 Å². The minimum atomic E-state index is -0.0159. The van der Waals surface area contributed by atoms with Crippen molar-refractivity contribution in [1.29, 1.82) is 0 Å². The van der Waals surface area contributed by atoms with Crippen LogP contribution in [0.25, 0.3) is 0 Å². The van der Waals surface area contributed by atoms with Crippen LogP contribution < -0.4 is 19.5 Å². The molecule has 2 aromatic rings. The molecule has 0 radical (unpaired) electrons. The van der Waals surface area contributed by atoms with Gasteiger partial charge in [-0.2, -0.15) is 0 Å². The molecule has 0 aromatic heterocycles. The van der Waals surface area contributed by atoms with Crippen LogP contribution >= 0.6 is 0 Å². The van der Waals surface area contributed by atoms with Crippen molar-refractivity contribution < 1.29 is 19.0 Å². The Morgan fingerprint density at radius 3 is 2.43 bits per heavy atom. The van der Waals surface area contributed by atoms with Gasteiger partial charge in [-0.1, -0.05) is 32.0 Å². The molecule has 1 N–H and O–H groups in total. The van der Waals surface area contributed by atoms with Crippen LogP contribution in [-0.2, 0) is 17.8 Å². The van der Waals surface area contributed by atoms with Crippen molar-refractivity contribution in [3.8, 4) is 17.2 Å². The lowest BCUT2D eigenvalue weighted by molar-refractivity contribution is -0.121. The molecule has 0 aliphatic carbocycles. The van der Waals surface area contributed by atoms with E-state index in [4.69, 9.17) is 14.2 Å². The summed E-state index contributed by atoms with van der Waals surface area (Å²) >= 11 is 0. The van der Waals surface area contributed by atoms with Crippen LogP contribution in [0.4, 0.5) is 0 Å². The van der Waals surface area contributed by atoms with Crippen molar-refractivity contribution in [2.24, 2.45) is 0 Å². The molecule has 1 amide bonds. The second kappa shape index (κ2) is 12.8. The molecule has 0 spiro atoms. The van der Waals surface area contributed by atoms with E-state index in [9.17, 15) is 4.79 Å². The molecule has 0 saturated heterocycles. The number of likely N-dealkylation sites (N-methyl/N-ethyl adjacent to an activating group) is 1. The number of benzene rings is 2. The predicted octanol–water partition coefficient (Wildman–Crippen LogP) is 3.67. The van der Waals surface area contributed by atoms with Gasteiger partial charge in [0, 0.05) is 25.1 Å². The Morgan fingerprint density at radius 2 is 1.73 bits per heavy atom. The van der Waals surface area contributed by atoms with Crippen molar-refractivity contribution in [2.75, 3.05) is 40.5 Å². The van der Waals surface area contributed by atoms with Crippen LogP contribution in [0.2, 0.25) is 0 Å². The van der Waals surface area contributed by atoms with E-state index in [-0.39, 0.29) is 5.91 Å². The topological polar surface area (TPSA) is 60.0 Å². The number of rotatable bonds is 13. The van der Waals surface area contributed by atoms with Crippen molar-refractivity contribution in [2.45, 2.75) is 33.2 Å². The first-order valence-electron chi connectivity index (χ1n) is 10.5. The average Bonchev–Trinajstić information content (AvgIpc) is 2.79. The third-order valence-corrected chi connectivity index (χ3v) is 5.12. The average molecular weight is 415 g/mol. The quantitative estimate of drug-likeness (QED) is 0.542. The summed E-state index contributed by atoms with van der Waals surface area (Å²) in [5.74, 6) is 2.31. The van der Waals surface area contributed by atoms with Gasteiger partial charge in [0.05, 0.1) is 14.2 Å². The maximum absolute atomic E-state index is 12.4. The van der Waals surface area contributed by atoms with Crippen molar-refractivity contribution in [1.82, 2.24) is 10.2 Å². The van der Waals surface area contributed by atoms with Crippen LogP contribution in [-0.4, -0.2) is 51.3 Å². The first-order chi connectivity index (χ1) is 14.6. The highest BCUT2D eigenvalue weighted by molar-refractivity contribution is 5.76. The fourth-order valence-corrected chi connectivity index (χ4v) is 3.22. The molecular weight excluding hydrogens is 380 g/mol. The highest BCUT2D eigenvalue weighted by atomic mass is 16.5. The van der Waals surface area contributed by atoms with E-state index >= 15 is 0 Å². The molecule has 0 unspecified atom stereocenters. The third-order valence-electron chi connectivity index (χ3n) is 5.12. The second-order valence-electron chi connectivity index (χ2n) is 6.94. The number of nitrogens with one attached hydrogen (secondary N) is 1. The number of hydrogen-bond donors (Lipinski definition) is 1. The van der Waals surface area contributed by atoms with E-state index in [1.54, 1.807) is 14.2 Å². The largest absolute Gasteiger partial charge is 0.497 e. The lowest BCUT2D eigenvalue weighted by atomic mass is 10.1. The van der Waals surface area contributed by atoms with Gasteiger partial charge in [0.1, 0.15) is 23.9 Å². The van der Waals surface area contributed by atoms with Gasteiger partial charge >= 0.3 is 0 Å². The van der Waals surface area contributed by atoms with Gasteiger partial charge in [-0.15, -0.1) is 0 Å². The van der Waals surface area contributed by atoms with Gasteiger partial charge in [0.25, 0.3) is 0 Å². The number of carbonyl (C=O) groups excluding carboxylic acids is 1. The number of aryl methyl sites for hydroxylation is 1. The summed E-state index contributed by atoms with van der Waals surface area (Å²) in [5, 5.41) is 3.00. The summed E-state index contributed by atoms with van der Waals surface area (Å²) in [5.41, 5.74) is 1.93. The summed E-state index contributed by atoms with van der Waals surface area (Å²) in [6.07, 6.45) is 0.947. The van der Waals surface area contributed by atoms with E-state index in [0.29, 0.717) is 26.0 Å². The minimum Gasteiger partial charge on any atom is -0.497 e. The molecule has 0 bridgehead atoms. The zero-order valence-electron chi connectivity index (χ0n) is 18.6. The van der Waals surface area contributed by atoms with Gasteiger partial charge in [0.2, 0.25) is 5.91 Å². The van der Waals surface area contributed by atoms with E-state index in [1.165, 1.54) is 0 Å². The molecule has 0 heterocycles. The molecule has 0 aliphatic heterocycles. The van der Waals surface area contributed by atoms with Crippen LogP contribution in [0.1, 0.15) is 31.4 Å². The monoisotopic (exact) mass is 414 g/mol. The second-order valence-corrected chi connectivity index (χ2v) is 6.94. The van der Waals surface area contributed by atoms with Crippen LogP contribution in [0.3, 0.4) is 0 Å². The highest BCUT2D eigenvalue weighted by Gasteiger charge is 2.10. The maximum Gasteiger partial charge on any atom is 0.220 e. The molecule has 0 fully saturated rings. The molecule has 30 heavy (non-hydrogen) atoms. The molecular formula is C24H34N2O4. The number of para-hydroxylation sites is 1. The number of methoxy groups -OCH3 is 2. The van der Waals surface area contributed by atoms with Crippen molar-refractivity contribution in [3.63, 3.8) is 0 Å². The fourth-order valence-electron chi connectivity index (χ4n) is 3.22. The molecule has 0 atom stereocenters. The first kappa shape index (κ1) is 23.5. The van der Waals surface area contributed by atoms with E-state index < -0.39 is 0 Å². The predicted molar refractivity (Wildman–Crippen MR) is 119 cm³/mol. The van der Waals surface area contributed by atoms with Gasteiger partial charge in [-0.3, -0.25) is 4.79 Å². The lowest BCUT2D eigenvalue weighted by Gasteiger charge is -2.19. The van der Waals surface area contributed by atoms with Crippen molar-refractivity contribution >= 4 is 5.91 Å².